The molecule has 30 heavy (non-hydrogen) atoms. The van der Waals surface area contributed by atoms with E-state index >= 15 is 0 Å². The van der Waals surface area contributed by atoms with Crippen LogP contribution in [0.4, 0.5) is 8.78 Å². The lowest BCUT2D eigenvalue weighted by atomic mass is 9.97. The summed E-state index contributed by atoms with van der Waals surface area (Å²) < 4.78 is 38.4. The minimum Gasteiger partial charge on any atom is -0.370 e. The summed E-state index contributed by atoms with van der Waals surface area (Å²) in [7, 11) is 0. The SMILES string of the molecule is Cc1nc(C)c(CN2CCO[C@]3(CO[C@@H](C(=O)NCc4cc(F)cc(F)c4)C3)C2)s1. The molecule has 2 atom stereocenters. The van der Waals surface area contributed by atoms with Gasteiger partial charge in [0.2, 0.25) is 5.91 Å². The molecule has 0 unspecified atom stereocenters. The highest BCUT2D eigenvalue weighted by Crippen LogP contribution is 2.33. The molecular formula is C21H25F2N3O3S. The molecule has 162 valence electrons. The van der Waals surface area contributed by atoms with Crippen LogP contribution in [0.1, 0.15) is 27.6 Å². The minimum absolute atomic E-state index is 0.0390. The normalized spacial score (nSPS) is 24.5. The van der Waals surface area contributed by atoms with Gasteiger partial charge in [0.1, 0.15) is 23.3 Å². The zero-order chi connectivity index (χ0) is 21.3. The number of carbonyl (C=O) groups is 1. The van der Waals surface area contributed by atoms with Crippen molar-refractivity contribution in [3.63, 3.8) is 0 Å². The summed E-state index contributed by atoms with van der Waals surface area (Å²) in [4.78, 5) is 20.6. The Morgan fingerprint density at radius 3 is 2.80 bits per heavy atom. The number of hydrogen-bond donors (Lipinski definition) is 1. The van der Waals surface area contributed by atoms with Gasteiger partial charge in [-0.3, -0.25) is 9.69 Å². The monoisotopic (exact) mass is 437 g/mol. The first-order valence-corrected chi connectivity index (χ1v) is 10.8. The van der Waals surface area contributed by atoms with Gasteiger partial charge >= 0.3 is 0 Å². The van der Waals surface area contributed by atoms with Crippen LogP contribution < -0.4 is 5.32 Å². The van der Waals surface area contributed by atoms with E-state index < -0.39 is 23.3 Å². The third-order valence-corrected chi connectivity index (χ3v) is 6.54. The number of halogens is 2. The number of aromatic nitrogens is 1. The van der Waals surface area contributed by atoms with Gasteiger partial charge in [-0.25, -0.2) is 13.8 Å². The first kappa shape index (κ1) is 21.3. The van der Waals surface area contributed by atoms with Crippen LogP contribution in [0.25, 0.3) is 0 Å². The molecule has 4 rings (SSSR count). The molecule has 1 N–H and O–H groups in total. The van der Waals surface area contributed by atoms with E-state index in [-0.39, 0.29) is 12.5 Å². The van der Waals surface area contributed by atoms with E-state index in [1.807, 2.05) is 13.8 Å². The van der Waals surface area contributed by atoms with Crippen molar-refractivity contribution in [1.29, 1.82) is 0 Å². The number of aryl methyl sites for hydroxylation is 2. The Labute approximate surface area is 178 Å². The second-order valence-electron chi connectivity index (χ2n) is 7.98. The van der Waals surface area contributed by atoms with E-state index in [0.717, 1.165) is 29.9 Å². The third kappa shape index (κ3) is 4.85. The van der Waals surface area contributed by atoms with Crippen molar-refractivity contribution >= 4 is 17.2 Å². The van der Waals surface area contributed by atoms with Crippen molar-refractivity contribution in [1.82, 2.24) is 15.2 Å². The van der Waals surface area contributed by atoms with Crippen LogP contribution in [-0.4, -0.2) is 53.8 Å². The van der Waals surface area contributed by atoms with Gasteiger partial charge in [0.15, 0.2) is 0 Å². The van der Waals surface area contributed by atoms with Gasteiger partial charge in [-0.1, -0.05) is 0 Å². The number of amides is 1. The predicted octanol–water partition coefficient (Wildman–Crippen LogP) is 2.71. The maximum absolute atomic E-state index is 13.3. The van der Waals surface area contributed by atoms with E-state index in [4.69, 9.17) is 9.47 Å². The summed E-state index contributed by atoms with van der Waals surface area (Å²) in [6.45, 7) is 7.31. The van der Waals surface area contributed by atoms with Gasteiger partial charge in [0, 0.05) is 43.5 Å². The Morgan fingerprint density at radius 1 is 1.33 bits per heavy atom. The topological polar surface area (TPSA) is 63.7 Å². The molecule has 0 aliphatic carbocycles. The number of hydrogen-bond acceptors (Lipinski definition) is 6. The van der Waals surface area contributed by atoms with Gasteiger partial charge in [0.25, 0.3) is 0 Å². The summed E-state index contributed by atoms with van der Waals surface area (Å²) in [6, 6.07) is 3.20. The predicted molar refractivity (Wildman–Crippen MR) is 108 cm³/mol. The van der Waals surface area contributed by atoms with Crippen LogP contribution in [0, 0.1) is 25.5 Å². The number of ether oxygens (including phenoxy) is 2. The number of nitrogens with zero attached hydrogens (tertiary/aromatic N) is 2. The number of nitrogens with one attached hydrogen (secondary N) is 1. The first-order chi connectivity index (χ1) is 14.3. The molecular weight excluding hydrogens is 412 g/mol. The molecule has 2 fully saturated rings. The number of thiazole rings is 1. The highest BCUT2D eigenvalue weighted by molar-refractivity contribution is 7.11. The zero-order valence-corrected chi connectivity index (χ0v) is 17.9. The average Bonchev–Trinajstić information content (AvgIpc) is 3.22. The van der Waals surface area contributed by atoms with Crippen molar-refractivity contribution < 1.29 is 23.0 Å². The average molecular weight is 438 g/mol. The van der Waals surface area contributed by atoms with Crippen molar-refractivity contribution in [2.75, 3.05) is 26.3 Å². The molecule has 2 saturated heterocycles. The second-order valence-corrected chi connectivity index (χ2v) is 9.27. The highest BCUT2D eigenvalue weighted by Gasteiger charge is 2.46. The molecule has 0 saturated carbocycles. The Kier molecular flexibility index (Phi) is 6.15. The molecule has 1 aromatic heterocycles. The number of rotatable bonds is 5. The van der Waals surface area contributed by atoms with Crippen molar-refractivity contribution in [2.24, 2.45) is 0 Å². The van der Waals surface area contributed by atoms with Crippen molar-refractivity contribution in [2.45, 2.75) is 45.1 Å². The molecule has 1 amide bonds. The molecule has 2 aliphatic heterocycles. The lowest BCUT2D eigenvalue weighted by Gasteiger charge is -2.39. The molecule has 0 bridgehead atoms. The van der Waals surface area contributed by atoms with Crippen molar-refractivity contribution in [3.8, 4) is 0 Å². The lowest BCUT2D eigenvalue weighted by molar-refractivity contribution is -0.130. The van der Waals surface area contributed by atoms with E-state index in [9.17, 15) is 13.6 Å². The van der Waals surface area contributed by atoms with E-state index in [2.05, 4.69) is 15.2 Å². The van der Waals surface area contributed by atoms with Gasteiger partial charge in [-0.2, -0.15) is 0 Å². The van der Waals surface area contributed by atoms with Crippen LogP contribution in [0.5, 0.6) is 0 Å². The second kappa shape index (κ2) is 8.66. The standard InChI is InChI=1S/C21H25F2N3O3S/c1-13-19(30-14(2)25-13)10-26-3-4-29-21(11-26)8-18(28-12-21)20(27)24-9-15-5-16(22)7-17(23)6-15/h5-7,18H,3-4,8-12H2,1-2H3,(H,24,27)/t18-,21+/m1/s1. The summed E-state index contributed by atoms with van der Waals surface area (Å²) >= 11 is 1.71. The molecule has 1 aromatic carbocycles. The van der Waals surface area contributed by atoms with E-state index in [1.54, 1.807) is 11.3 Å². The van der Waals surface area contributed by atoms with Crippen molar-refractivity contribution in [3.05, 3.63) is 51.0 Å². The van der Waals surface area contributed by atoms with Crippen LogP contribution in [-0.2, 0) is 27.4 Å². The Bertz CT molecular complexity index is 918. The number of carbonyl (C=O) groups excluding carboxylic acids is 1. The van der Waals surface area contributed by atoms with Crippen LogP contribution in [0.3, 0.4) is 0 Å². The molecule has 3 heterocycles. The fourth-order valence-electron chi connectivity index (χ4n) is 4.09. The maximum atomic E-state index is 13.3. The van der Waals surface area contributed by atoms with Crippen LogP contribution in [0.15, 0.2) is 18.2 Å². The fourth-order valence-corrected chi connectivity index (χ4v) is 5.06. The lowest BCUT2D eigenvalue weighted by Crippen LogP contribution is -2.52. The Balaban J connectivity index is 1.33. The Hall–Kier alpha value is -1.94. The molecule has 0 radical (unpaired) electrons. The number of benzene rings is 1. The number of morpholine rings is 1. The Morgan fingerprint density at radius 2 is 2.10 bits per heavy atom. The summed E-state index contributed by atoms with van der Waals surface area (Å²) in [5, 5.41) is 3.77. The minimum atomic E-state index is -0.669. The molecule has 9 heteroatoms. The van der Waals surface area contributed by atoms with E-state index in [1.165, 1.54) is 17.0 Å². The summed E-state index contributed by atoms with van der Waals surface area (Å²) in [5.41, 5.74) is 0.911. The molecule has 1 spiro atoms. The van der Waals surface area contributed by atoms with Gasteiger partial charge < -0.3 is 14.8 Å². The maximum Gasteiger partial charge on any atom is 0.249 e. The first-order valence-electron chi connectivity index (χ1n) is 9.95. The van der Waals surface area contributed by atoms with Crippen LogP contribution in [0.2, 0.25) is 0 Å². The zero-order valence-electron chi connectivity index (χ0n) is 17.0. The smallest absolute Gasteiger partial charge is 0.249 e. The van der Waals surface area contributed by atoms with E-state index in [0.29, 0.717) is 31.7 Å². The quantitative estimate of drug-likeness (QED) is 0.779. The molecule has 2 aliphatic rings. The fraction of sp³-hybridized carbons (Fsp3) is 0.524. The highest BCUT2D eigenvalue weighted by atomic mass is 32.1. The summed E-state index contributed by atoms with van der Waals surface area (Å²) in [5.74, 6) is -1.64. The third-order valence-electron chi connectivity index (χ3n) is 5.48. The molecule has 2 aromatic rings. The largest absolute Gasteiger partial charge is 0.370 e. The van der Waals surface area contributed by atoms with Gasteiger partial charge in [0.05, 0.1) is 23.9 Å². The van der Waals surface area contributed by atoms with Crippen LogP contribution >= 0.6 is 11.3 Å². The summed E-state index contributed by atoms with van der Waals surface area (Å²) in [6.07, 6.45) is -0.191. The van der Waals surface area contributed by atoms with Gasteiger partial charge in [-0.05, 0) is 31.5 Å². The molecule has 6 nitrogen and oxygen atoms in total. The van der Waals surface area contributed by atoms with Gasteiger partial charge in [-0.15, -0.1) is 11.3 Å².